The summed E-state index contributed by atoms with van der Waals surface area (Å²) in [6.45, 7) is 0.588. The van der Waals surface area contributed by atoms with Gasteiger partial charge in [0.05, 0.1) is 5.56 Å². The largest absolute Gasteiger partial charge is 0.366 e. The summed E-state index contributed by atoms with van der Waals surface area (Å²) in [4.78, 5) is 17.1. The van der Waals surface area contributed by atoms with E-state index in [-0.39, 0.29) is 0 Å². The number of nitrogens with two attached hydrogens (primary N) is 1. The van der Waals surface area contributed by atoms with Crippen LogP contribution in [0.4, 0.5) is 5.82 Å². The van der Waals surface area contributed by atoms with E-state index in [4.69, 9.17) is 11.0 Å². The van der Waals surface area contributed by atoms with Crippen LogP contribution < -0.4 is 10.6 Å². The Morgan fingerprint density at radius 2 is 2.05 bits per heavy atom. The second-order valence-corrected chi connectivity index (χ2v) is 4.40. The molecule has 0 aliphatic carbocycles. The van der Waals surface area contributed by atoms with Crippen LogP contribution in [0.1, 0.15) is 21.5 Å². The highest BCUT2D eigenvalue weighted by atomic mass is 16.1. The van der Waals surface area contributed by atoms with Gasteiger partial charge in [-0.25, -0.2) is 4.98 Å². The fourth-order valence-corrected chi connectivity index (χ4v) is 1.91. The number of nitrogens with zero attached hydrogens (tertiary/aromatic N) is 3. The number of primary amides is 1. The van der Waals surface area contributed by atoms with E-state index in [1.165, 1.54) is 0 Å². The standard InChI is InChI=1S/C15H14N4O/c1-19(15-13(9-16)3-2-8-18-15)10-11-4-6-12(7-5-11)14(17)20/h2-8H,10H2,1H3,(H2,17,20). The average Bonchev–Trinajstić information content (AvgIpc) is 2.47. The summed E-state index contributed by atoms with van der Waals surface area (Å²) in [5.41, 5.74) is 7.22. The number of aromatic nitrogens is 1. The fraction of sp³-hybridized carbons (Fsp3) is 0.133. The van der Waals surface area contributed by atoms with Crippen LogP contribution >= 0.6 is 0 Å². The average molecular weight is 266 g/mol. The zero-order valence-electron chi connectivity index (χ0n) is 11.1. The first kappa shape index (κ1) is 13.6. The quantitative estimate of drug-likeness (QED) is 0.912. The lowest BCUT2D eigenvalue weighted by atomic mass is 10.1. The van der Waals surface area contributed by atoms with E-state index in [0.717, 1.165) is 5.56 Å². The van der Waals surface area contributed by atoms with Crippen molar-refractivity contribution >= 4 is 11.7 Å². The minimum absolute atomic E-state index is 0.443. The first-order valence-corrected chi connectivity index (χ1v) is 6.07. The molecule has 0 unspecified atom stereocenters. The van der Waals surface area contributed by atoms with Gasteiger partial charge in [0.1, 0.15) is 11.9 Å². The van der Waals surface area contributed by atoms with Crippen LogP contribution in [-0.4, -0.2) is 17.9 Å². The lowest BCUT2D eigenvalue weighted by Gasteiger charge is -2.19. The predicted molar refractivity (Wildman–Crippen MR) is 76.0 cm³/mol. The van der Waals surface area contributed by atoms with Crippen molar-refractivity contribution in [1.82, 2.24) is 4.98 Å². The maximum atomic E-state index is 11.0. The zero-order chi connectivity index (χ0) is 14.5. The Labute approximate surface area is 117 Å². The van der Waals surface area contributed by atoms with Crippen molar-refractivity contribution in [3.8, 4) is 6.07 Å². The molecule has 2 aromatic rings. The van der Waals surface area contributed by atoms with Crippen molar-refractivity contribution in [2.45, 2.75) is 6.54 Å². The lowest BCUT2D eigenvalue weighted by molar-refractivity contribution is 0.100. The number of pyridine rings is 1. The zero-order valence-corrected chi connectivity index (χ0v) is 11.1. The van der Waals surface area contributed by atoms with E-state index >= 15 is 0 Å². The second kappa shape index (κ2) is 5.85. The first-order chi connectivity index (χ1) is 9.61. The number of carbonyl (C=O) groups excluding carboxylic acids is 1. The molecular weight excluding hydrogens is 252 g/mol. The maximum Gasteiger partial charge on any atom is 0.248 e. The molecule has 0 aliphatic heterocycles. The SMILES string of the molecule is CN(Cc1ccc(C(N)=O)cc1)c1ncccc1C#N. The van der Waals surface area contributed by atoms with E-state index in [2.05, 4.69) is 11.1 Å². The number of carbonyl (C=O) groups is 1. The highest BCUT2D eigenvalue weighted by Crippen LogP contribution is 2.17. The molecule has 0 fully saturated rings. The van der Waals surface area contributed by atoms with Gasteiger partial charge >= 0.3 is 0 Å². The Bertz CT molecular complexity index is 658. The molecule has 5 heteroatoms. The predicted octanol–water partition coefficient (Wildman–Crippen LogP) is 1.69. The van der Waals surface area contributed by atoms with Crippen molar-refractivity contribution < 1.29 is 4.79 Å². The van der Waals surface area contributed by atoms with Gasteiger partial charge in [0, 0.05) is 25.4 Å². The van der Waals surface area contributed by atoms with Gasteiger partial charge in [0.25, 0.3) is 0 Å². The smallest absolute Gasteiger partial charge is 0.248 e. The van der Waals surface area contributed by atoms with Crippen molar-refractivity contribution in [2.75, 3.05) is 11.9 Å². The third-order valence-electron chi connectivity index (χ3n) is 2.93. The van der Waals surface area contributed by atoms with E-state index in [1.807, 2.05) is 24.1 Å². The topological polar surface area (TPSA) is 83.0 Å². The number of rotatable bonds is 4. The van der Waals surface area contributed by atoms with E-state index in [0.29, 0.717) is 23.5 Å². The Hall–Kier alpha value is -2.87. The van der Waals surface area contributed by atoms with Crippen molar-refractivity contribution in [3.05, 3.63) is 59.3 Å². The first-order valence-electron chi connectivity index (χ1n) is 6.07. The lowest BCUT2D eigenvalue weighted by Crippen LogP contribution is -2.19. The molecule has 0 saturated carbocycles. The molecule has 0 bridgehead atoms. The third-order valence-corrected chi connectivity index (χ3v) is 2.93. The molecule has 5 nitrogen and oxygen atoms in total. The van der Waals surface area contributed by atoms with Crippen molar-refractivity contribution in [2.24, 2.45) is 5.73 Å². The fourth-order valence-electron chi connectivity index (χ4n) is 1.91. The molecule has 1 aromatic carbocycles. The monoisotopic (exact) mass is 266 g/mol. The molecule has 20 heavy (non-hydrogen) atoms. The number of nitriles is 1. The minimum atomic E-state index is -0.443. The number of anilines is 1. The number of benzene rings is 1. The number of hydrogen-bond donors (Lipinski definition) is 1. The summed E-state index contributed by atoms with van der Waals surface area (Å²) in [6.07, 6.45) is 1.66. The molecule has 2 rings (SSSR count). The Kier molecular flexibility index (Phi) is 3.96. The minimum Gasteiger partial charge on any atom is -0.366 e. The highest BCUT2D eigenvalue weighted by Gasteiger charge is 2.09. The second-order valence-electron chi connectivity index (χ2n) is 4.40. The van der Waals surface area contributed by atoms with Gasteiger partial charge in [-0.2, -0.15) is 5.26 Å². The molecule has 2 N–H and O–H groups in total. The summed E-state index contributed by atoms with van der Waals surface area (Å²) < 4.78 is 0. The summed E-state index contributed by atoms with van der Waals surface area (Å²) in [6, 6.07) is 12.6. The van der Waals surface area contributed by atoms with E-state index in [1.54, 1.807) is 30.5 Å². The molecule has 0 radical (unpaired) electrons. The summed E-state index contributed by atoms with van der Waals surface area (Å²) in [5.74, 6) is 0.190. The van der Waals surface area contributed by atoms with Crippen LogP contribution in [0.25, 0.3) is 0 Å². The van der Waals surface area contributed by atoms with E-state index in [9.17, 15) is 4.79 Å². The van der Waals surface area contributed by atoms with Crippen molar-refractivity contribution in [3.63, 3.8) is 0 Å². The maximum absolute atomic E-state index is 11.0. The third kappa shape index (κ3) is 2.93. The Morgan fingerprint density at radius 1 is 1.35 bits per heavy atom. The molecule has 1 heterocycles. The number of amides is 1. The van der Waals surface area contributed by atoms with Crippen LogP contribution in [-0.2, 0) is 6.54 Å². The van der Waals surface area contributed by atoms with Crippen LogP contribution in [0, 0.1) is 11.3 Å². The van der Waals surface area contributed by atoms with Gasteiger partial charge < -0.3 is 10.6 Å². The van der Waals surface area contributed by atoms with Crippen LogP contribution in [0.5, 0.6) is 0 Å². The van der Waals surface area contributed by atoms with Gasteiger partial charge in [-0.1, -0.05) is 12.1 Å². The van der Waals surface area contributed by atoms with Crippen LogP contribution in [0.15, 0.2) is 42.6 Å². The number of hydrogen-bond acceptors (Lipinski definition) is 4. The van der Waals surface area contributed by atoms with E-state index < -0.39 is 5.91 Å². The van der Waals surface area contributed by atoms with Gasteiger partial charge in [-0.15, -0.1) is 0 Å². The summed E-state index contributed by atoms with van der Waals surface area (Å²) >= 11 is 0. The van der Waals surface area contributed by atoms with Gasteiger partial charge in [0.2, 0.25) is 5.91 Å². The Balaban J connectivity index is 2.17. The summed E-state index contributed by atoms with van der Waals surface area (Å²) in [5, 5.41) is 9.06. The normalized spacial score (nSPS) is 9.80. The Morgan fingerprint density at radius 3 is 2.65 bits per heavy atom. The molecule has 0 spiro atoms. The molecule has 1 aromatic heterocycles. The summed E-state index contributed by atoms with van der Waals surface area (Å²) in [7, 11) is 1.87. The van der Waals surface area contributed by atoms with Gasteiger partial charge in [-0.3, -0.25) is 4.79 Å². The highest BCUT2D eigenvalue weighted by molar-refractivity contribution is 5.92. The van der Waals surface area contributed by atoms with Crippen LogP contribution in [0.2, 0.25) is 0 Å². The molecule has 0 saturated heterocycles. The van der Waals surface area contributed by atoms with Gasteiger partial charge in [0.15, 0.2) is 0 Å². The molecule has 1 amide bonds. The van der Waals surface area contributed by atoms with Gasteiger partial charge in [-0.05, 0) is 29.8 Å². The van der Waals surface area contributed by atoms with Crippen molar-refractivity contribution in [1.29, 1.82) is 5.26 Å². The van der Waals surface area contributed by atoms with Crippen LogP contribution in [0.3, 0.4) is 0 Å². The molecule has 0 atom stereocenters. The molecular formula is C15H14N4O. The molecule has 100 valence electrons. The molecule has 0 aliphatic rings.